The summed E-state index contributed by atoms with van der Waals surface area (Å²) in [6.07, 6.45) is 4.43. The van der Waals surface area contributed by atoms with Gasteiger partial charge in [-0.1, -0.05) is 11.6 Å². The Morgan fingerprint density at radius 2 is 1.84 bits per heavy atom. The van der Waals surface area contributed by atoms with E-state index in [2.05, 4.69) is 10.2 Å². The van der Waals surface area contributed by atoms with E-state index in [1.807, 2.05) is 23.1 Å². The Hall–Kier alpha value is -1.30. The zero-order valence-electron chi connectivity index (χ0n) is 14.5. The lowest BCUT2D eigenvalue weighted by Crippen LogP contribution is -2.52. The van der Waals surface area contributed by atoms with Crippen LogP contribution in [0, 0.1) is 0 Å². The Morgan fingerprint density at radius 1 is 1.12 bits per heavy atom. The number of aliphatic hydroxyl groups is 1. The molecule has 0 bridgehead atoms. The molecule has 2 N–H and O–H groups in total. The minimum Gasteiger partial charge on any atom is -0.393 e. The van der Waals surface area contributed by atoms with Crippen molar-refractivity contribution in [3.8, 4) is 0 Å². The van der Waals surface area contributed by atoms with Crippen LogP contribution in [0.3, 0.4) is 0 Å². The van der Waals surface area contributed by atoms with Crippen molar-refractivity contribution in [1.82, 2.24) is 9.80 Å². The Kier molecular flexibility index (Phi) is 4.89. The fourth-order valence-corrected chi connectivity index (χ4v) is 4.60. The van der Waals surface area contributed by atoms with Crippen LogP contribution in [0.2, 0.25) is 5.02 Å². The van der Waals surface area contributed by atoms with Gasteiger partial charge in [0.05, 0.1) is 6.10 Å². The number of hydrogen-bond donors (Lipinski definition) is 2. The van der Waals surface area contributed by atoms with Gasteiger partial charge in [0.1, 0.15) is 6.04 Å². The van der Waals surface area contributed by atoms with Gasteiger partial charge in [0.25, 0.3) is 0 Å². The number of nitrogens with zero attached hydrogens (tertiary/aromatic N) is 2. The SMILES string of the molecule is O=C(C1Cc2cc(Cl)ccc2N1)N1CCC(N2CCC(O)CC2)CC1. The maximum absolute atomic E-state index is 12.9. The van der Waals surface area contributed by atoms with Gasteiger partial charge in [-0.2, -0.15) is 0 Å². The molecule has 1 amide bonds. The highest BCUT2D eigenvalue weighted by Gasteiger charge is 2.34. The van der Waals surface area contributed by atoms with Crippen LogP contribution in [0.5, 0.6) is 0 Å². The number of hydrogen-bond acceptors (Lipinski definition) is 4. The Balaban J connectivity index is 1.30. The van der Waals surface area contributed by atoms with Gasteiger partial charge >= 0.3 is 0 Å². The van der Waals surface area contributed by atoms with Gasteiger partial charge < -0.3 is 20.2 Å². The summed E-state index contributed by atoms with van der Waals surface area (Å²) >= 11 is 6.05. The van der Waals surface area contributed by atoms with Crippen molar-refractivity contribution in [2.45, 2.75) is 50.3 Å². The molecule has 1 unspecified atom stereocenters. The molecule has 1 aromatic carbocycles. The summed E-state index contributed by atoms with van der Waals surface area (Å²) in [6.45, 7) is 3.63. The Morgan fingerprint density at radius 3 is 2.56 bits per heavy atom. The maximum atomic E-state index is 12.9. The molecule has 6 heteroatoms. The molecular weight excluding hydrogens is 338 g/mol. The number of piperidine rings is 2. The molecule has 0 aliphatic carbocycles. The first-order valence-corrected chi connectivity index (χ1v) is 9.74. The summed E-state index contributed by atoms with van der Waals surface area (Å²) in [5.41, 5.74) is 2.16. The number of fused-ring (bicyclic) bond motifs is 1. The van der Waals surface area contributed by atoms with Crippen molar-refractivity contribution in [2.75, 3.05) is 31.5 Å². The lowest BCUT2D eigenvalue weighted by atomic mass is 9.98. The van der Waals surface area contributed by atoms with Crippen LogP contribution < -0.4 is 5.32 Å². The molecule has 25 heavy (non-hydrogen) atoms. The lowest BCUT2D eigenvalue weighted by Gasteiger charge is -2.41. The zero-order valence-corrected chi connectivity index (χ0v) is 15.2. The normalized spacial score (nSPS) is 25.7. The predicted octanol–water partition coefficient (Wildman–Crippen LogP) is 2.12. The molecule has 2 fully saturated rings. The van der Waals surface area contributed by atoms with E-state index < -0.39 is 0 Å². The summed E-state index contributed by atoms with van der Waals surface area (Å²) in [5, 5.41) is 13.7. The average molecular weight is 364 g/mol. The number of rotatable bonds is 2. The highest BCUT2D eigenvalue weighted by Crippen LogP contribution is 2.30. The second-order valence-corrected chi connectivity index (χ2v) is 7.96. The van der Waals surface area contributed by atoms with Gasteiger partial charge in [0.15, 0.2) is 0 Å². The average Bonchev–Trinajstić information content (AvgIpc) is 3.05. The highest BCUT2D eigenvalue weighted by molar-refractivity contribution is 6.30. The van der Waals surface area contributed by atoms with Gasteiger partial charge in [0, 0.05) is 49.4 Å². The van der Waals surface area contributed by atoms with Gasteiger partial charge in [-0.3, -0.25) is 4.79 Å². The molecule has 136 valence electrons. The van der Waals surface area contributed by atoms with Crippen molar-refractivity contribution >= 4 is 23.2 Å². The Labute approximate surface area is 153 Å². The first kappa shape index (κ1) is 17.1. The molecule has 1 atom stereocenters. The van der Waals surface area contributed by atoms with E-state index in [0.29, 0.717) is 6.04 Å². The quantitative estimate of drug-likeness (QED) is 0.845. The first-order chi connectivity index (χ1) is 12.1. The number of amides is 1. The van der Waals surface area contributed by atoms with Crippen LogP contribution >= 0.6 is 11.6 Å². The van der Waals surface area contributed by atoms with E-state index >= 15 is 0 Å². The number of likely N-dealkylation sites (tertiary alicyclic amines) is 2. The van der Waals surface area contributed by atoms with E-state index in [1.54, 1.807) is 0 Å². The fourth-order valence-electron chi connectivity index (χ4n) is 4.40. The second-order valence-electron chi connectivity index (χ2n) is 7.53. The van der Waals surface area contributed by atoms with E-state index in [-0.39, 0.29) is 18.1 Å². The summed E-state index contributed by atoms with van der Waals surface area (Å²) in [4.78, 5) is 17.4. The number of nitrogens with one attached hydrogen (secondary N) is 1. The van der Waals surface area contributed by atoms with Gasteiger partial charge in [-0.25, -0.2) is 0 Å². The molecule has 2 saturated heterocycles. The third-order valence-corrected chi connectivity index (χ3v) is 6.15. The van der Waals surface area contributed by atoms with Crippen LogP contribution in [0.4, 0.5) is 5.69 Å². The summed E-state index contributed by atoms with van der Waals surface area (Å²) in [6, 6.07) is 6.18. The van der Waals surface area contributed by atoms with Crippen LogP contribution in [-0.2, 0) is 11.2 Å². The van der Waals surface area contributed by atoms with E-state index in [0.717, 1.165) is 74.6 Å². The number of anilines is 1. The molecule has 0 spiro atoms. The number of carbonyl (C=O) groups excluding carboxylic acids is 1. The molecule has 0 aromatic heterocycles. The van der Waals surface area contributed by atoms with Crippen LogP contribution in [0.15, 0.2) is 18.2 Å². The Bertz CT molecular complexity index is 638. The third-order valence-electron chi connectivity index (χ3n) is 5.91. The van der Waals surface area contributed by atoms with Crippen LogP contribution in [0.1, 0.15) is 31.2 Å². The van der Waals surface area contributed by atoms with Crippen molar-refractivity contribution in [3.63, 3.8) is 0 Å². The highest BCUT2D eigenvalue weighted by atomic mass is 35.5. The molecule has 0 saturated carbocycles. The number of aliphatic hydroxyl groups excluding tert-OH is 1. The smallest absolute Gasteiger partial charge is 0.245 e. The van der Waals surface area contributed by atoms with E-state index in [1.165, 1.54) is 0 Å². The summed E-state index contributed by atoms with van der Waals surface area (Å²) in [7, 11) is 0. The zero-order chi connectivity index (χ0) is 17.4. The monoisotopic (exact) mass is 363 g/mol. The van der Waals surface area contributed by atoms with E-state index in [9.17, 15) is 9.90 Å². The van der Waals surface area contributed by atoms with Crippen molar-refractivity contribution in [1.29, 1.82) is 0 Å². The topological polar surface area (TPSA) is 55.8 Å². The maximum Gasteiger partial charge on any atom is 0.245 e. The van der Waals surface area contributed by atoms with Gasteiger partial charge in [-0.15, -0.1) is 0 Å². The molecule has 3 aliphatic rings. The molecule has 5 nitrogen and oxygen atoms in total. The number of halogens is 1. The lowest BCUT2D eigenvalue weighted by molar-refractivity contribution is -0.133. The van der Waals surface area contributed by atoms with Crippen LogP contribution in [0.25, 0.3) is 0 Å². The van der Waals surface area contributed by atoms with Crippen molar-refractivity contribution < 1.29 is 9.90 Å². The van der Waals surface area contributed by atoms with Gasteiger partial charge in [-0.05, 0) is 49.4 Å². The minimum absolute atomic E-state index is 0.124. The largest absolute Gasteiger partial charge is 0.393 e. The molecule has 1 aromatic rings. The molecule has 4 rings (SSSR count). The predicted molar refractivity (Wildman–Crippen MR) is 99.0 cm³/mol. The summed E-state index contributed by atoms with van der Waals surface area (Å²) in [5.74, 6) is 0.208. The van der Waals surface area contributed by atoms with Gasteiger partial charge in [0.2, 0.25) is 5.91 Å². The second kappa shape index (κ2) is 7.14. The standard InChI is InChI=1S/C19H26ClN3O2/c20-14-1-2-17-13(11-14)12-18(21-17)19(25)23-7-3-15(4-8-23)22-9-5-16(24)6-10-22/h1-2,11,15-16,18,21,24H,3-10,12H2. The number of benzene rings is 1. The third kappa shape index (κ3) is 3.64. The number of carbonyl (C=O) groups is 1. The molecular formula is C19H26ClN3O2. The van der Waals surface area contributed by atoms with Crippen LogP contribution in [-0.4, -0.2) is 65.2 Å². The fraction of sp³-hybridized carbons (Fsp3) is 0.632. The minimum atomic E-state index is -0.157. The van der Waals surface area contributed by atoms with E-state index in [4.69, 9.17) is 11.6 Å². The van der Waals surface area contributed by atoms with Crippen molar-refractivity contribution in [3.05, 3.63) is 28.8 Å². The van der Waals surface area contributed by atoms with Crippen molar-refractivity contribution in [2.24, 2.45) is 0 Å². The first-order valence-electron chi connectivity index (χ1n) is 9.36. The molecule has 0 radical (unpaired) electrons. The molecule has 3 heterocycles. The molecule has 3 aliphatic heterocycles. The summed E-state index contributed by atoms with van der Waals surface area (Å²) < 4.78 is 0.